The number of pyridine rings is 2. The van der Waals surface area contributed by atoms with Crippen molar-refractivity contribution >= 4 is 49.0 Å². The third-order valence-electron chi connectivity index (χ3n) is 8.31. The molecule has 0 atom stereocenters. The fourth-order valence-corrected chi connectivity index (χ4v) is 8.07. The quantitative estimate of drug-likeness (QED) is 0.0875. The van der Waals surface area contributed by atoms with Gasteiger partial charge in [-0.25, -0.2) is 49.2 Å². The van der Waals surface area contributed by atoms with E-state index in [2.05, 4.69) is 9.97 Å². The van der Waals surface area contributed by atoms with Gasteiger partial charge in [0.15, 0.2) is 10.1 Å². The molecule has 0 N–H and O–H groups in total. The van der Waals surface area contributed by atoms with Gasteiger partial charge in [0.1, 0.15) is 36.5 Å². The van der Waals surface area contributed by atoms with Crippen LogP contribution in [0.5, 0.6) is 0 Å². The van der Waals surface area contributed by atoms with Gasteiger partial charge in [-0.3, -0.25) is 0 Å². The van der Waals surface area contributed by atoms with Crippen LogP contribution in [0.3, 0.4) is 0 Å². The Morgan fingerprint density at radius 2 is 0.893 bits per heavy atom. The zero-order chi connectivity index (χ0) is 40.2. The molecule has 0 aliphatic rings. The number of carbonyl (C=O) groups excluding carboxylic acids is 1. The molecule has 6 aromatic rings. The summed E-state index contributed by atoms with van der Waals surface area (Å²) in [6.45, 7) is -1.12. The second-order valence-electron chi connectivity index (χ2n) is 12.1. The first-order valence-corrected chi connectivity index (χ1v) is 20.0. The van der Waals surface area contributed by atoms with E-state index in [0.717, 1.165) is 48.5 Å². The van der Waals surface area contributed by atoms with Crippen molar-refractivity contribution in [1.82, 2.24) is 9.97 Å². The molecule has 56 heavy (non-hydrogen) atoms. The summed E-state index contributed by atoms with van der Waals surface area (Å²) in [6, 6.07) is 21.0. The van der Waals surface area contributed by atoms with Gasteiger partial charge < -0.3 is 9.47 Å². The van der Waals surface area contributed by atoms with Crippen molar-refractivity contribution in [2.75, 3.05) is 0 Å². The van der Waals surface area contributed by atoms with E-state index in [1.165, 1.54) is 60.7 Å². The molecule has 4 aromatic carbocycles. The van der Waals surface area contributed by atoms with Crippen LogP contribution in [-0.2, 0) is 55.2 Å². The van der Waals surface area contributed by atoms with Gasteiger partial charge in [-0.1, -0.05) is 35.3 Å². The normalized spacial score (nSPS) is 11.7. The van der Waals surface area contributed by atoms with Crippen LogP contribution >= 0.6 is 23.2 Å². The number of hydrogen-bond donors (Lipinski definition) is 0. The van der Waals surface area contributed by atoms with Crippen LogP contribution in [-0.4, -0.2) is 33.0 Å². The van der Waals surface area contributed by atoms with Crippen molar-refractivity contribution in [2.24, 2.45) is 0 Å². The van der Waals surface area contributed by atoms with Crippen molar-refractivity contribution < 1.29 is 48.7 Å². The van der Waals surface area contributed by atoms with Gasteiger partial charge in [0.05, 0.1) is 21.2 Å². The molecule has 0 saturated heterocycles. The van der Waals surface area contributed by atoms with Crippen LogP contribution in [0.1, 0.15) is 33.6 Å². The standard InChI is InChI=1S/C39H26Cl2F4N2O7S2/c40-27-3-9-31(10-4-27)55(49,50)37-15-1-23(35(46-37)19-25-17-29(42)7-13-33(25)44)21-53-39(48)54-22-24-2-16-38(56(51,52)32-11-5-28(41)6-12-32)47-36(24)20-26-18-30(43)8-14-34(26)45/h1-18H,19-22H2. The lowest BCUT2D eigenvalue weighted by Crippen LogP contribution is -2.13. The minimum Gasteiger partial charge on any atom is -0.429 e. The van der Waals surface area contributed by atoms with Gasteiger partial charge in [-0.15, -0.1) is 0 Å². The number of hydrogen-bond acceptors (Lipinski definition) is 9. The van der Waals surface area contributed by atoms with E-state index in [0.29, 0.717) is 10.0 Å². The lowest BCUT2D eigenvalue weighted by atomic mass is 10.0. The molecule has 0 amide bonds. The highest BCUT2D eigenvalue weighted by atomic mass is 35.5. The van der Waals surface area contributed by atoms with E-state index in [1.807, 2.05) is 0 Å². The monoisotopic (exact) mass is 844 g/mol. The summed E-state index contributed by atoms with van der Waals surface area (Å²) in [4.78, 5) is 21.1. The average molecular weight is 846 g/mol. The predicted molar refractivity (Wildman–Crippen MR) is 196 cm³/mol. The largest absolute Gasteiger partial charge is 0.508 e. The smallest absolute Gasteiger partial charge is 0.429 e. The number of rotatable bonds is 12. The first-order chi connectivity index (χ1) is 26.6. The Morgan fingerprint density at radius 1 is 0.518 bits per heavy atom. The maximum absolute atomic E-state index is 14.7. The third-order valence-corrected chi connectivity index (χ3v) is 12.2. The number of halogens is 6. The summed E-state index contributed by atoms with van der Waals surface area (Å²) in [6.07, 6.45) is -2.04. The molecule has 17 heteroatoms. The molecule has 6 rings (SSSR count). The molecule has 2 aromatic heterocycles. The fraction of sp³-hybridized carbons (Fsp3) is 0.103. The zero-order valence-corrected chi connectivity index (χ0v) is 31.7. The van der Waals surface area contributed by atoms with Crippen molar-refractivity contribution in [3.8, 4) is 0 Å². The first-order valence-electron chi connectivity index (χ1n) is 16.3. The van der Waals surface area contributed by atoms with Gasteiger partial charge in [0, 0.05) is 34.0 Å². The molecule has 0 spiro atoms. The summed E-state index contributed by atoms with van der Waals surface area (Å²) in [5, 5.41) is -0.250. The van der Waals surface area contributed by atoms with Crippen molar-refractivity contribution in [3.05, 3.63) is 176 Å². The highest BCUT2D eigenvalue weighted by molar-refractivity contribution is 7.91. The second-order valence-corrected chi connectivity index (χ2v) is 16.7. The number of carbonyl (C=O) groups is 1. The minimum absolute atomic E-state index is 0.0570. The molecule has 0 unspecified atom stereocenters. The highest BCUT2D eigenvalue weighted by Gasteiger charge is 2.24. The van der Waals surface area contributed by atoms with Crippen LogP contribution in [0.15, 0.2) is 129 Å². The van der Waals surface area contributed by atoms with Crippen molar-refractivity contribution in [3.63, 3.8) is 0 Å². The molecular weight excluding hydrogens is 819 g/mol. The van der Waals surface area contributed by atoms with E-state index in [4.69, 9.17) is 32.7 Å². The van der Waals surface area contributed by atoms with Crippen LogP contribution in [0, 0.1) is 23.3 Å². The Kier molecular flexibility index (Phi) is 12.1. The summed E-state index contributed by atoms with van der Waals surface area (Å²) < 4.78 is 122. The van der Waals surface area contributed by atoms with Crippen LogP contribution in [0.4, 0.5) is 22.4 Å². The van der Waals surface area contributed by atoms with E-state index >= 15 is 0 Å². The highest BCUT2D eigenvalue weighted by Crippen LogP contribution is 2.27. The van der Waals surface area contributed by atoms with E-state index in [1.54, 1.807) is 0 Å². The number of benzene rings is 4. The molecule has 0 aliphatic heterocycles. The molecule has 0 aliphatic carbocycles. The van der Waals surface area contributed by atoms with Gasteiger partial charge >= 0.3 is 6.16 Å². The molecular formula is C39H26Cl2F4N2O7S2. The number of sulfone groups is 2. The molecule has 9 nitrogen and oxygen atoms in total. The van der Waals surface area contributed by atoms with E-state index in [-0.39, 0.29) is 43.4 Å². The maximum atomic E-state index is 14.7. The lowest BCUT2D eigenvalue weighted by Gasteiger charge is -2.14. The SMILES string of the molecule is O=C(OCc1ccc(S(=O)(=O)c2ccc(Cl)cc2)nc1Cc1cc(F)ccc1F)OCc1ccc(S(=O)(=O)c2ccc(Cl)cc2)nc1Cc1cc(F)ccc1F. The molecule has 0 bridgehead atoms. The Labute approximate surface area is 328 Å². The second kappa shape index (κ2) is 16.8. The maximum Gasteiger partial charge on any atom is 0.508 e. The van der Waals surface area contributed by atoms with E-state index < -0.39 is 85.2 Å². The molecule has 2 heterocycles. The zero-order valence-electron chi connectivity index (χ0n) is 28.6. The summed E-state index contributed by atoms with van der Waals surface area (Å²) in [5.41, 5.74) is -0.170. The Balaban J connectivity index is 1.25. The summed E-state index contributed by atoms with van der Waals surface area (Å²) in [5.74, 6) is -3.09. The third kappa shape index (κ3) is 9.36. The van der Waals surface area contributed by atoms with Crippen molar-refractivity contribution in [2.45, 2.75) is 45.9 Å². The van der Waals surface area contributed by atoms with Crippen LogP contribution in [0.25, 0.3) is 0 Å². The van der Waals surface area contributed by atoms with E-state index in [9.17, 15) is 39.2 Å². The summed E-state index contributed by atoms with van der Waals surface area (Å²) in [7, 11) is -8.40. The minimum atomic E-state index is -4.20. The average Bonchev–Trinajstić information content (AvgIpc) is 3.17. The van der Waals surface area contributed by atoms with Crippen molar-refractivity contribution in [1.29, 1.82) is 0 Å². The van der Waals surface area contributed by atoms with Gasteiger partial charge in [-0.05, 0) is 108 Å². The molecule has 0 radical (unpaired) electrons. The topological polar surface area (TPSA) is 130 Å². The first kappa shape index (κ1) is 40.3. The summed E-state index contributed by atoms with van der Waals surface area (Å²) >= 11 is 11.8. The Bertz CT molecular complexity index is 2490. The molecule has 0 saturated carbocycles. The van der Waals surface area contributed by atoms with Gasteiger partial charge in [0.2, 0.25) is 19.7 Å². The number of ether oxygens (including phenoxy) is 2. The fourth-order valence-electron chi connectivity index (χ4n) is 5.39. The number of nitrogens with zero attached hydrogens (tertiary/aromatic N) is 2. The molecule has 288 valence electrons. The van der Waals surface area contributed by atoms with Gasteiger partial charge in [-0.2, -0.15) is 0 Å². The van der Waals surface area contributed by atoms with Crippen LogP contribution < -0.4 is 0 Å². The number of aromatic nitrogens is 2. The van der Waals surface area contributed by atoms with Gasteiger partial charge in [0.25, 0.3) is 0 Å². The Morgan fingerprint density at radius 3 is 1.27 bits per heavy atom. The predicted octanol–water partition coefficient (Wildman–Crippen LogP) is 9.04. The Hall–Kier alpha value is -5.35. The lowest BCUT2D eigenvalue weighted by molar-refractivity contribution is 0.0441. The molecule has 0 fully saturated rings. The van der Waals surface area contributed by atoms with Crippen LogP contribution in [0.2, 0.25) is 10.0 Å².